The lowest BCUT2D eigenvalue weighted by Crippen LogP contribution is -2.44. The minimum absolute atomic E-state index is 0.221. The zero-order valence-corrected chi connectivity index (χ0v) is 23.6. The van der Waals surface area contributed by atoms with Crippen LogP contribution in [0.4, 0.5) is 5.88 Å². The van der Waals surface area contributed by atoms with Crippen LogP contribution in [0.1, 0.15) is 44.1 Å². The van der Waals surface area contributed by atoms with E-state index in [0.29, 0.717) is 44.1 Å². The molecule has 2 aliphatic heterocycles. The fraction of sp³-hybridized carbons (Fsp3) is 0.414. The highest BCUT2D eigenvalue weighted by Gasteiger charge is 2.35. The number of carbonyl (C=O) groups is 1. The summed E-state index contributed by atoms with van der Waals surface area (Å²) in [6.45, 7) is 7.75. The second-order valence-corrected chi connectivity index (χ2v) is 10.6. The SMILES string of the molecule is CCCC1=C(C(=O)OCC)[C@@H](c2ccccc2OC)n2c(sc(=Cc3ccc(N4CCN(C)CC4)o3)c2=O)=N1. The highest BCUT2D eigenvalue weighted by atomic mass is 32.1. The van der Waals surface area contributed by atoms with Gasteiger partial charge in [0.1, 0.15) is 17.6 Å². The molecule has 0 N–H and O–H groups in total. The van der Waals surface area contributed by atoms with Gasteiger partial charge in [-0.2, -0.15) is 0 Å². The number of furan rings is 1. The minimum atomic E-state index is -0.724. The zero-order chi connectivity index (χ0) is 27.5. The Kier molecular flexibility index (Phi) is 8.04. The largest absolute Gasteiger partial charge is 0.496 e. The van der Waals surface area contributed by atoms with Crippen molar-refractivity contribution >= 4 is 29.3 Å². The molecule has 1 saturated heterocycles. The van der Waals surface area contributed by atoms with Crippen molar-refractivity contribution in [2.45, 2.75) is 32.7 Å². The molecule has 2 aliphatic rings. The lowest BCUT2D eigenvalue weighted by Gasteiger charge is -2.32. The Balaban J connectivity index is 1.64. The number of anilines is 1. The molecule has 0 unspecified atom stereocenters. The lowest BCUT2D eigenvalue weighted by molar-refractivity contribution is -0.139. The van der Waals surface area contributed by atoms with E-state index in [2.05, 4.69) is 16.8 Å². The molecule has 2 aromatic heterocycles. The number of esters is 1. The van der Waals surface area contributed by atoms with E-state index < -0.39 is 12.0 Å². The molecule has 10 heteroatoms. The number of nitrogens with zero attached hydrogens (tertiary/aromatic N) is 4. The van der Waals surface area contributed by atoms with Gasteiger partial charge in [0, 0.05) is 43.9 Å². The summed E-state index contributed by atoms with van der Waals surface area (Å²) in [5, 5.41) is 0. The Morgan fingerprint density at radius 1 is 1.15 bits per heavy atom. The molecule has 4 heterocycles. The summed E-state index contributed by atoms with van der Waals surface area (Å²) < 4.78 is 19.3. The van der Waals surface area contributed by atoms with Crippen molar-refractivity contribution in [2.75, 3.05) is 51.8 Å². The molecule has 0 saturated carbocycles. The molecule has 0 aliphatic carbocycles. The maximum Gasteiger partial charge on any atom is 0.338 e. The fourth-order valence-electron chi connectivity index (χ4n) is 5.05. The van der Waals surface area contributed by atoms with Crippen molar-refractivity contribution in [3.63, 3.8) is 0 Å². The molecule has 39 heavy (non-hydrogen) atoms. The molecule has 1 aromatic carbocycles. The Morgan fingerprint density at radius 3 is 2.64 bits per heavy atom. The van der Waals surface area contributed by atoms with Gasteiger partial charge in [0.05, 0.1) is 29.5 Å². The highest BCUT2D eigenvalue weighted by molar-refractivity contribution is 7.07. The van der Waals surface area contributed by atoms with Gasteiger partial charge in [-0.05, 0) is 32.5 Å². The smallest absolute Gasteiger partial charge is 0.338 e. The van der Waals surface area contributed by atoms with Crippen LogP contribution in [-0.4, -0.2) is 62.4 Å². The van der Waals surface area contributed by atoms with Crippen molar-refractivity contribution < 1.29 is 18.7 Å². The van der Waals surface area contributed by atoms with Crippen LogP contribution in [0.2, 0.25) is 0 Å². The Hall–Kier alpha value is -3.63. The quantitative estimate of drug-likeness (QED) is 0.399. The van der Waals surface area contributed by atoms with Crippen LogP contribution in [0.25, 0.3) is 6.08 Å². The Bertz CT molecular complexity index is 1560. The Morgan fingerprint density at radius 2 is 1.92 bits per heavy atom. The zero-order valence-electron chi connectivity index (χ0n) is 22.8. The number of aromatic nitrogens is 1. The first-order valence-electron chi connectivity index (χ1n) is 13.3. The van der Waals surface area contributed by atoms with Gasteiger partial charge in [-0.25, -0.2) is 9.79 Å². The first kappa shape index (κ1) is 27.0. The Labute approximate surface area is 231 Å². The molecule has 0 bridgehead atoms. The number of para-hydroxylation sites is 1. The summed E-state index contributed by atoms with van der Waals surface area (Å²) in [6, 6.07) is 10.6. The fourth-order valence-corrected chi connectivity index (χ4v) is 6.05. The van der Waals surface area contributed by atoms with Gasteiger partial charge in [-0.1, -0.05) is 42.9 Å². The number of thiazole rings is 1. The van der Waals surface area contributed by atoms with Gasteiger partial charge in [0.2, 0.25) is 0 Å². The number of hydrogen-bond acceptors (Lipinski definition) is 9. The number of ether oxygens (including phenoxy) is 2. The predicted octanol–water partition coefficient (Wildman–Crippen LogP) is 2.93. The number of piperazine rings is 1. The van der Waals surface area contributed by atoms with Gasteiger partial charge in [-0.3, -0.25) is 9.36 Å². The number of methoxy groups -OCH3 is 1. The van der Waals surface area contributed by atoms with Gasteiger partial charge in [-0.15, -0.1) is 0 Å². The van der Waals surface area contributed by atoms with E-state index in [1.165, 1.54) is 11.3 Å². The second kappa shape index (κ2) is 11.6. The van der Waals surface area contributed by atoms with Crippen LogP contribution in [0, 0.1) is 0 Å². The maximum atomic E-state index is 13.9. The highest BCUT2D eigenvalue weighted by Crippen LogP contribution is 2.36. The molecule has 0 spiro atoms. The number of fused-ring (bicyclic) bond motifs is 1. The molecule has 3 aromatic rings. The summed E-state index contributed by atoms with van der Waals surface area (Å²) in [6.07, 6.45) is 3.13. The lowest BCUT2D eigenvalue weighted by atomic mass is 9.93. The number of allylic oxidation sites excluding steroid dienone is 1. The van der Waals surface area contributed by atoms with Crippen molar-refractivity contribution in [2.24, 2.45) is 4.99 Å². The number of likely N-dealkylation sites (N-methyl/N-ethyl adjacent to an activating group) is 1. The van der Waals surface area contributed by atoms with E-state index >= 15 is 0 Å². The molecule has 5 rings (SSSR count). The molecular weight excluding hydrogens is 516 g/mol. The van der Waals surface area contributed by atoms with Crippen LogP contribution >= 0.6 is 11.3 Å². The van der Waals surface area contributed by atoms with Gasteiger partial charge >= 0.3 is 5.97 Å². The molecule has 9 nitrogen and oxygen atoms in total. The van der Waals surface area contributed by atoms with Crippen LogP contribution in [0.15, 0.2) is 61.9 Å². The normalized spacial score (nSPS) is 18.2. The first-order chi connectivity index (χ1) is 18.9. The van der Waals surface area contributed by atoms with Crippen LogP contribution in [0.5, 0.6) is 5.75 Å². The summed E-state index contributed by atoms with van der Waals surface area (Å²) in [7, 11) is 3.69. The van der Waals surface area contributed by atoms with E-state index in [9.17, 15) is 9.59 Å². The molecule has 206 valence electrons. The van der Waals surface area contributed by atoms with Crippen molar-refractivity contribution in [3.8, 4) is 5.75 Å². The molecule has 1 atom stereocenters. The monoisotopic (exact) mass is 550 g/mol. The van der Waals surface area contributed by atoms with E-state index in [1.807, 2.05) is 43.3 Å². The average molecular weight is 551 g/mol. The van der Waals surface area contributed by atoms with Gasteiger partial charge < -0.3 is 23.7 Å². The molecular formula is C29H34N4O5S. The number of carbonyl (C=O) groups excluding carboxylic acids is 1. The molecule has 0 radical (unpaired) electrons. The van der Waals surface area contributed by atoms with E-state index in [1.54, 1.807) is 24.7 Å². The standard InChI is InChI=1S/C29H34N4O5S/c1-5-9-21-25(28(35)37-6-2)26(20-10-7-8-11-22(20)36-4)33-27(34)23(39-29(33)30-21)18-19-12-13-24(38-19)32-16-14-31(3)15-17-32/h7-8,10-13,18,26H,5-6,9,14-17H2,1-4H3/t26-/m1/s1. The van der Waals surface area contributed by atoms with E-state index in [0.717, 1.165) is 38.5 Å². The number of hydrogen-bond donors (Lipinski definition) is 0. The molecule has 1 fully saturated rings. The van der Waals surface area contributed by atoms with E-state index in [4.69, 9.17) is 18.9 Å². The van der Waals surface area contributed by atoms with Crippen LogP contribution in [0.3, 0.4) is 0 Å². The summed E-state index contributed by atoms with van der Waals surface area (Å²) in [4.78, 5) is 37.1. The van der Waals surface area contributed by atoms with Gasteiger partial charge in [0.15, 0.2) is 10.7 Å². The predicted molar refractivity (Wildman–Crippen MR) is 151 cm³/mol. The first-order valence-corrected chi connectivity index (χ1v) is 14.1. The van der Waals surface area contributed by atoms with Crippen molar-refractivity contribution in [1.29, 1.82) is 0 Å². The van der Waals surface area contributed by atoms with Gasteiger partial charge in [0.25, 0.3) is 5.56 Å². The molecule has 0 amide bonds. The maximum absolute atomic E-state index is 13.9. The number of rotatable bonds is 8. The second-order valence-electron chi connectivity index (χ2n) is 9.62. The van der Waals surface area contributed by atoms with Crippen LogP contribution < -0.4 is 24.5 Å². The topological polar surface area (TPSA) is 89.5 Å². The third-order valence-corrected chi connectivity index (χ3v) is 8.01. The van der Waals surface area contributed by atoms with E-state index in [-0.39, 0.29) is 12.2 Å². The summed E-state index contributed by atoms with van der Waals surface area (Å²) >= 11 is 1.29. The summed E-state index contributed by atoms with van der Waals surface area (Å²) in [5.41, 5.74) is 1.46. The number of benzene rings is 1. The van der Waals surface area contributed by atoms with Crippen molar-refractivity contribution in [1.82, 2.24) is 9.47 Å². The van der Waals surface area contributed by atoms with Crippen LogP contribution in [-0.2, 0) is 9.53 Å². The third kappa shape index (κ3) is 5.31. The third-order valence-electron chi connectivity index (χ3n) is 7.03. The average Bonchev–Trinajstić information content (AvgIpc) is 3.53. The minimum Gasteiger partial charge on any atom is -0.496 e. The summed E-state index contributed by atoms with van der Waals surface area (Å²) in [5.74, 6) is 1.50. The van der Waals surface area contributed by atoms with Crippen molar-refractivity contribution in [3.05, 3.63) is 78.7 Å².